The second-order valence-electron chi connectivity index (χ2n) is 9.94. The van der Waals surface area contributed by atoms with Crippen LogP contribution in [0.2, 0.25) is 0 Å². The average Bonchev–Trinajstić information content (AvgIpc) is 2.69. The van der Waals surface area contributed by atoms with Crippen LogP contribution in [0, 0.1) is 34.5 Å². The molecule has 6 atom stereocenters. The highest BCUT2D eigenvalue weighted by molar-refractivity contribution is 5.29. The van der Waals surface area contributed by atoms with Crippen LogP contribution in [0.25, 0.3) is 0 Å². The summed E-state index contributed by atoms with van der Waals surface area (Å²) in [5.74, 6) is 3.95. The normalized spacial score (nSPS) is 49.4. The number of rotatable bonds is 1. The minimum atomic E-state index is 0.562. The van der Waals surface area contributed by atoms with Gasteiger partial charge in [-0.3, -0.25) is 0 Å². The summed E-state index contributed by atoms with van der Waals surface area (Å²) < 4.78 is 0. The third-order valence-corrected chi connectivity index (χ3v) is 8.80. The smallest absolute Gasteiger partial charge is 0.0225 e. The molecule has 0 aliphatic heterocycles. The second-order valence-corrected chi connectivity index (χ2v) is 9.94. The molecule has 0 nitrogen and oxygen atoms in total. The Balaban J connectivity index is 1.70. The van der Waals surface area contributed by atoms with Crippen LogP contribution < -0.4 is 0 Å². The monoisotopic (exact) mass is 312 g/mol. The SMILES string of the molecule is CCC1CCC2C3CC=C4C=C(C)CCC(C)(C4)C3CCC12C. The summed E-state index contributed by atoms with van der Waals surface area (Å²) in [6.07, 6.45) is 18.1. The average molecular weight is 313 g/mol. The maximum atomic E-state index is 2.66. The number of allylic oxidation sites excluding steroid dienone is 4. The summed E-state index contributed by atoms with van der Waals surface area (Å²) >= 11 is 0. The Kier molecular flexibility index (Phi) is 3.82. The lowest BCUT2D eigenvalue weighted by Crippen LogP contribution is -2.45. The molecule has 0 saturated heterocycles. The predicted octanol–water partition coefficient (Wildman–Crippen LogP) is 6.92. The van der Waals surface area contributed by atoms with Gasteiger partial charge in [-0.25, -0.2) is 0 Å². The van der Waals surface area contributed by atoms with Crippen LogP contribution in [0.15, 0.2) is 23.3 Å². The number of fused-ring (bicyclic) bond motifs is 6. The Morgan fingerprint density at radius 1 is 1.09 bits per heavy atom. The predicted molar refractivity (Wildman–Crippen MR) is 99.2 cm³/mol. The summed E-state index contributed by atoms with van der Waals surface area (Å²) in [7, 11) is 0. The zero-order valence-electron chi connectivity index (χ0n) is 15.8. The van der Waals surface area contributed by atoms with Gasteiger partial charge < -0.3 is 0 Å². The summed E-state index contributed by atoms with van der Waals surface area (Å²) in [6.45, 7) is 10.1. The van der Waals surface area contributed by atoms with Gasteiger partial charge in [0, 0.05) is 0 Å². The minimum absolute atomic E-state index is 0.562. The van der Waals surface area contributed by atoms with Gasteiger partial charge in [0.25, 0.3) is 0 Å². The first kappa shape index (κ1) is 16.0. The molecule has 0 spiro atoms. The van der Waals surface area contributed by atoms with Crippen LogP contribution in [-0.4, -0.2) is 0 Å². The van der Waals surface area contributed by atoms with E-state index < -0.39 is 0 Å². The van der Waals surface area contributed by atoms with Crippen LogP contribution in [0.1, 0.15) is 85.5 Å². The Labute approximate surface area is 143 Å². The zero-order valence-corrected chi connectivity index (χ0v) is 15.8. The Hall–Kier alpha value is -0.520. The highest BCUT2D eigenvalue weighted by Gasteiger charge is 2.56. The molecular weight excluding hydrogens is 276 g/mol. The topological polar surface area (TPSA) is 0 Å². The molecule has 0 aromatic heterocycles. The lowest BCUT2D eigenvalue weighted by molar-refractivity contribution is -0.0380. The highest BCUT2D eigenvalue weighted by atomic mass is 14.6. The molecule has 2 bridgehead atoms. The Bertz CT molecular complexity index is 538. The van der Waals surface area contributed by atoms with Crippen molar-refractivity contribution in [3.8, 4) is 0 Å². The van der Waals surface area contributed by atoms with Gasteiger partial charge in [0.15, 0.2) is 0 Å². The molecular formula is C23H36. The molecule has 4 aliphatic rings. The van der Waals surface area contributed by atoms with Crippen LogP contribution >= 0.6 is 0 Å². The largest absolute Gasteiger partial charge is 0.0810 e. The third kappa shape index (κ3) is 2.38. The first-order chi connectivity index (χ1) is 11.0. The lowest BCUT2D eigenvalue weighted by atomic mass is 9.52. The summed E-state index contributed by atoms with van der Waals surface area (Å²) in [4.78, 5) is 0. The van der Waals surface area contributed by atoms with Crippen LogP contribution in [-0.2, 0) is 0 Å². The van der Waals surface area contributed by atoms with E-state index in [1.54, 1.807) is 11.1 Å². The minimum Gasteiger partial charge on any atom is -0.0810 e. The molecule has 0 amide bonds. The standard InChI is InChI=1S/C23H36/c1-5-18-7-9-21-19-8-6-17-14-16(2)10-12-22(3,15-17)20(19)11-13-23(18,21)4/h6,14,18-21H,5,7-13,15H2,1-4H3. The van der Waals surface area contributed by atoms with Gasteiger partial charge >= 0.3 is 0 Å². The van der Waals surface area contributed by atoms with Crippen molar-refractivity contribution < 1.29 is 0 Å². The molecule has 2 saturated carbocycles. The molecule has 4 aliphatic carbocycles. The van der Waals surface area contributed by atoms with Gasteiger partial charge in [0.2, 0.25) is 0 Å². The molecule has 0 radical (unpaired) electrons. The zero-order chi connectivity index (χ0) is 16.2. The van der Waals surface area contributed by atoms with E-state index in [1.807, 2.05) is 0 Å². The van der Waals surface area contributed by atoms with Crippen LogP contribution in [0.5, 0.6) is 0 Å². The van der Waals surface area contributed by atoms with E-state index in [4.69, 9.17) is 0 Å². The van der Waals surface area contributed by atoms with Crippen molar-refractivity contribution in [2.45, 2.75) is 85.5 Å². The van der Waals surface area contributed by atoms with E-state index in [1.165, 1.54) is 57.8 Å². The fraction of sp³-hybridized carbons (Fsp3) is 0.826. The van der Waals surface area contributed by atoms with Crippen molar-refractivity contribution in [3.05, 3.63) is 23.3 Å². The van der Waals surface area contributed by atoms with E-state index in [2.05, 4.69) is 39.8 Å². The second kappa shape index (κ2) is 5.50. The molecule has 0 aromatic rings. The molecule has 128 valence electrons. The summed E-state index contributed by atoms with van der Waals surface area (Å²) in [6, 6.07) is 0. The molecule has 2 fully saturated rings. The van der Waals surface area contributed by atoms with Gasteiger partial charge in [-0.05, 0) is 92.8 Å². The highest BCUT2D eigenvalue weighted by Crippen LogP contribution is 2.65. The van der Waals surface area contributed by atoms with E-state index in [0.29, 0.717) is 10.8 Å². The quantitative estimate of drug-likeness (QED) is 0.493. The van der Waals surface area contributed by atoms with Gasteiger partial charge in [-0.15, -0.1) is 0 Å². The fourth-order valence-electron chi connectivity index (χ4n) is 7.47. The van der Waals surface area contributed by atoms with Gasteiger partial charge in [0.05, 0.1) is 0 Å². The molecule has 0 N–H and O–H groups in total. The fourth-order valence-corrected chi connectivity index (χ4v) is 7.47. The van der Waals surface area contributed by atoms with Crippen LogP contribution in [0.3, 0.4) is 0 Å². The van der Waals surface area contributed by atoms with Gasteiger partial charge in [-0.2, -0.15) is 0 Å². The van der Waals surface area contributed by atoms with E-state index >= 15 is 0 Å². The molecule has 0 aromatic carbocycles. The van der Waals surface area contributed by atoms with Gasteiger partial charge in [-0.1, -0.05) is 50.5 Å². The maximum absolute atomic E-state index is 2.66. The first-order valence-corrected chi connectivity index (χ1v) is 10.3. The van der Waals surface area contributed by atoms with Crippen molar-refractivity contribution in [1.82, 2.24) is 0 Å². The maximum Gasteiger partial charge on any atom is -0.0225 e. The molecule has 0 heterocycles. The van der Waals surface area contributed by atoms with E-state index in [-0.39, 0.29) is 0 Å². The van der Waals surface area contributed by atoms with Crippen molar-refractivity contribution >= 4 is 0 Å². The van der Waals surface area contributed by atoms with Crippen LogP contribution in [0.4, 0.5) is 0 Å². The van der Waals surface area contributed by atoms with Crippen molar-refractivity contribution in [2.24, 2.45) is 34.5 Å². The molecule has 6 unspecified atom stereocenters. The lowest BCUT2D eigenvalue weighted by Gasteiger charge is -2.53. The van der Waals surface area contributed by atoms with E-state index in [9.17, 15) is 0 Å². The molecule has 4 rings (SSSR count). The Morgan fingerprint density at radius 3 is 2.70 bits per heavy atom. The van der Waals surface area contributed by atoms with E-state index in [0.717, 1.165) is 23.7 Å². The van der Waals surface area contributed by atoms with Crippen molar-refractivity contribution in [1.29, 1.82) is 0 Å². The molecule has 0 heteroatoms. The van der Waals surface area contributed by atoms with Crippen molar-refractivity contribution in [3.63, 3.8) is 0 Å². The summed E-state index contributed by atoms with van der Waals surface area (Å²) in [5.41, 5.74) is 4.51. The van der Waals surface area contributed by atoms with Crippen molar-refractivity contribution in [2.75, 3.05) is 0 Å². The molecule has 23 heavy (non-hydrogen) atoms. The summed E-state index contributed by atoms with van der Waals surface area (Å²) in [5, 5.41) is 0. The van der Waals surface area contributed by atoms with Gasteiger partial charge in [0.1, 0.15) is 0 Å². The third-order valence-electron chi connectivity index (χ3n) is 8.80. The number of hydrogen-bond donors (Lipinski definition) is 0. The first-order valence-electron chi connectivity index (χ1n) is 10.3. The number of hydrogen-bond acceptors (Lipinski definition) is 0. The Morgan fingerprint density at radius 2 is 1.91 bits per heavy atom.